The highest BCUT2D eigenvalue weighted by Crippen LogP contribution is 2.27. The van der Waals surface area contributed by atoms with Crippen LogP contribution in [-0.2, 0) is 17.1 Å². The number of carbonyl (C=O) groups excluding carboxylic acids is 1. The van der Waals surface area contributed by atoms with Crippen molar-refractivity contribution in [3.63, 3.8) is 0 Å². The van der Waals surface area contributed by atoms with Crippen LogP contribution in [0.15, 0.2) is 77.0 Å². The summed E-state index contributed by atoms with van der Waals surface area (Å²) in [7, 11) is 0. The highest BCUT2D eigenvalue weighted by atomic mass is 32.2. The van der Waals surface area contributed by atoms with Crippen molar-refractivity contribution in [2.24, 2.45) is 0 Å². The fraction of sp³-hybridized carbons (Fsp3) is 0.174. The van der Waals surface area contributed by atoms with Gasteiger partial charge in [0.05, 0.1) is 17.2 Å². The van der Waals surface area contributed by atoms with Crippen LogP contribution >= 0.6 is 23.5 Å². The number of hydrogen-bond acceptors (Lipinski definition) is 5. The number of aromatic nitrogens is 3. The van der Waals surface area contributed by atoms with Crippen molar-refractivity contribution < 1.29 is 4.79 Å². The van der Waals surface area contributed by atoms with Crippen molar-refractivity contribution in [3.8, 4) is 0 Å². The number of carbonyl (C=O) groups is 1. The van der Waals surface area contributed by atoms with Gasteiger partial charge in [0, 0.05) is 22.5 Å². The van der Waals surface area contributed by atoms with E-state index in [2.05, 4.69) is 41.5 Å². The molecule has 1 N–H and O–H groups in total. The minimum atomic E-state index is -0.0891. The van der Waals surface area contributed by atoms with Crippen LogP contribution in [0.5, 0.6) is 0 Å². The molecule has 0 aliphatic rings. The van der Waals surface area contributed by atoms with Crippen LogP contribution in [0.2, 0.25) is 0 Å². The Morgan fingerprint density at radius 3 is 2.83 bits per heavy atom. The Balaban J connectivity index is 1.55. The van der Waals surface area contributed by atoms with Gasteiger partial charge in [-0.2, -0.15) is 0 Å². The van der Waals surface area contributed by atoms with E-state index in [4.69, 9.17) is 4.98 Å². The van der Waals surface area contributed by atoms with Crippen molar-refractivity contribution in [2.45, 2.75) is 29.3 Å². The Bertz CT molecular complexity index is 1190. The first kappa shape index (κ1) is 20.5. The van der Waals surface area contributed by atoms with Gasteiger partial charge >= 0.3 is 0 Å². The molecule has 0 unspecified atom stereocenters. The number of amides is 1. The second kappa shape index (κ2) is 9.36. The van der Waals surface area contributed by atoms with Crippen LogP contribution in [0.3, 0.4) is 0 Å². The molecule has 0 saturated heterocycles. The minimum Gasteiger partial charge on any atom is -0.324 e. The normalized spacial score (nSPS) is 11.0. The van der Waals surface area contributed by atoms with Gasteiger partial charge in [-0.1, -0.05) is 47.7 Å². The van der Waals surface area contributed by atoms with Gasteiger partial charge in [0.2, 0.25) is 5.91 Å². The first-order chi connectivity index (χ1) is 14.6. The molecule has 5 nitrogen and oxygen atoms in total. The number of hydrogen-bond donors (Lipinski definition) is 1. The second-order valence-electron chi connectivity index (χ2n) is 6.90. The smallest absolute Gasteiger partial charge is 0.244 e. The number of imidazole rings is 1. The molecule has 0 radical (unpaired) electrons. The molecule has 2 aromatic heterocycles. The zero-order valence-electron chi connectivity index (χ0n) is 16.8. The van der Waals surface area contributed by atoms with Crippen LogP contribution in [-0.4, -0.2) is 26.7 Å². The van der Waals surface area contributed by atoms with Gasteiger partial charge in [0.15, 0.2) is 5.16 Å². The van der Waals surface area contributed by atoms with Gasteiger partial charge in [-0.15, -0.1) is 11.8 Å². The molecule has 30 heavy (non-hydrogen) atoms. The highest BCUT2D eigenvalue weighted by molar-refractivity contribution is 7.98. The molecular weight excluding hydrogens is 412 g/mol. The predicted molar refractivity (Wildman–Crippen MR) is 125 cm³/mol. The number of aryl methyl sites for hydroxylation is 1. The molecule has 0 aliphatic carbocycles. The molecule has 0 atom stereocenters. The zero-order valence-corrected chi connectivity index (χ0v) is 18.5. The topological polar surface area (TPSA) is 59.8 Å². The van der Waals surface area contributed by atoms with Crippen LogP contribution in [0.1, 0.15) is 11.1 Å². The van der Waals surface area contributed by atoms with Crippen LogP contribution in [0.4, 0.5) is 5.69 Å². The molecule has 1 amide bonds. The van der Waals surface area contributed by atoms with Crippen LogP contribution < -0.4 is 5.32 Å². The van der Waals surface area contributed by atoms with E-state index in [0.29, 0.717) is 0 Å². The Kier molecular flexibility index (Phi) is 6.40. The van der Waals surface area contributed by atoms with Gasteiger partial charge < -0.3 is 9.88 Å². The zero-order chi connectivity index (χ0) is 20.9. The summed E-state index contributed by atoms with van der Waals surface area (Å²) in [6.45, 7) is 2.27. The Hall–Kier alpha value is -2.77. The van der Waals surface area contributed by atoms with Crippen molar-refractivity contribution in [2.75, 3.05) is 11.6 Å². The van der Waals surface area contributed by atoms with Gasteiger partial charge in [-0.25, -0.2) is 4.98 Å². The monoisotopic (exact) mass is 434 g/mol. The first-order valence-electron chi connectivity index (χ1n) is 9.55. The quantitative estimate of drug-likeness (QED) is 0.395. The maximum absolute atomic E-state index is 12.8. The molecular formula is C23H22N4OS2. The van der Waals surface area contributed by atoms with Crippen molar-refractivity contribution in [1.29, 1.82) is 0 Å². The molecule has 4 rings (SSSR count). The fourth-order valence-electron chi connectivity index (χ4n) is 3.21. The summed E-state index contributed by atoms with van der Waals surface area (Å²) in [5.41, 5.74) is 4.96. The molecule has 4 aromatic rings. The Morgan fingerprint density at radius 1 is 1.13 bits per heavy atom. The van der Waals surface area contributed by atoms with Crippen LogP contribution in [0, 0.1) is 6.92 Å². The lowest BCUT2D eigenvalue weighted by atomic mass is 10.2. The standard InChI is InChI=1S/C23H22N4OS2/c1-16-5-3-6-17(11-16)15-30-23-26-20-9-10-24-13-21(20)27(23)14-22(28)25-18-7-4-8-19(12-18)29-2/h3-13H,14-15H2,1-2H3,(H,25,28). The maximum atomic E-state index is 12.8. The summed E-state index contributed by atoms with van der Waals surface area (Å²) in [5.74, 6) is 0.698. The first-order valence-corrected chi connectivity index (χ1v) is 11.8. The van der Waals surface area contributed by atoms with Gasteiger partial charge in [-0.3, -0.25) is 9.78 Å². The Labute approximate surface area is 184 Å². The number of fused-ring (bicyclic) bond motifs is 1. The number of anilines is 1. The average molecular weight is 435 g/mol. The summed E-state index contributed by atoms with van der Waals surface area (Å²) >= 11 is 3.28. The molecule has 0 aliphatic heterocycles. The Morgan fingerprint density at radius 2 is 2.00 bits per heavy atom. The van der Waals surface area contributed by atoms with E-state index in [1.807, 2.05) is 41.2 Å². The van der Waals surface area contributed by atoms with Crippen LogP contribution in [0.25, 0.3) is 11.0 Å². The molecule has 152 valence electrons. The highest BCUT2D eigenvalue weighted by Gasteiger charge is 2.15. The molecule has 0 fully saturated rings. The summed E-state index contributed by atoms with van der Waals surface area (Å²) in [6.07, 6.45) is 5.51. The predicted octanol–water partition coefficient (Wildman–Crippen LogP) is 5.39. The van der Waals surface area contributed by atoms with E-state index in [1.165, 1.54) is 11.1 Å². The number of thioether (sulfide) groups is 2. The lowest BCUT2D eigenvalue weighted by Gasteiger charge is -2.10. The summed E-state index contributed by atoms with van der Waals surface area (Å²) in [4.78, 5) is 22.9. The molecule has 0 saturated carbocycles. The lowest BCUT2D eigenvalue weighted by Crippen LogP contribution is -2.19. The van der Waals surface area contributed by atoms with Crippen molar-refractivity contribution >= 4 is 46.2 Å². The lowest BCUT2D eigenvalue weighted by molar-refractivity contribution is -0.116. The summed E-state index contributed by atoms with van der Waals surface area (Å²) < 4.78 is 1.94. The van der Waals surface area contributed by atoms with E-state index in [-0.39, 0.29) is 12.5 Å². The van der Waals surface area contributed by atoms with E-state index < -0.39 is 0 Å². The number of pyridine rings is 1. The number of nitrogens with one attached hydrogen (secondary N) is 1. The van der Waals surface area contributed by atoms with E-state index in [9.17, 15) is 4.79 Å². The molecule has 2 aromatic carbocycles. The number of nitrogens with zero attached hydrogens (tertiary/aromatic N) is 3. The third kappa shape index (κ3) is 4.86. The molecule has 0 bridgehead atoms. The fourth-order valence-corrected chi connectivity index (χ4v) is 4.62. The molecule has 2 heterocycles. The van der Waals surface area contributed by atoms with Crippen molar-refractivity contribution in [3.05, 3.63) is 78.1 Å². The third-order valence-electron chi connectivity index (χ3n) is 4.62. The number of benzene rings is 2. The van der Waals surface area contributed by atoms with E-state index in [0.717, 1.165) is 32.5 Å². The average Bonchev–Trinajstić information content (AvgIpc) is 3.10. The summed E-state index contributed by atoms with van der Waals surface area (Å²) in [6, 6.07) is 18.2. The second-order valence-corrected chi connectivity index (χ2v) is 8.72. The third-order valence-corrected chi connectivity index (χ3v) is 6.39. The summed E-state index contributed by atoms with van der Waals surface area (Å²) in [5, 5.41) is 3.81. The van der Waals surface area contributed by atoms with E-state index in [1.54, 1.807) is 35.9 Å². The van der Waals surface area contributed by atoms with Gasteiger partial charge in [0.25, 0.3) is 0 Å². The SMILES string of the molecule is CSc1cccc(NC(=O)Cn2c(SCc3cccc(C)c3)nc3ccncc32)c1. The minimum absolute atomic E-state index is 0.0891. The maximum Gasteiger partial charge on any atom is 0.244 e. The largest absolute Gasteiger partial charge is 0.324 e. The van der Waals surface area contributed by atoms with Gasteiger partial charge in [0.1, 0.15) is 6.54 Å². The molecule has 0 spiro atoms. The number of rotatable bonds is 7. The van der Waals surface area contributed by atoms with Crippen molar-refractivity contribution in [1.82, 2.24) is 14.5 Å². The van der Waals surface area contributed by atoms with Gasteiger partial charge in [-0.05, 0) is 43.0 Å². The molecule has 7 heteroatoms. The van der Waals surface area contributed by atoms with E-state index >= 15 is 0 Å².